The molecule has 2 heteroatoms. The molecule has 0 spiro atoms. The van der Waals surface area contributed by atoms with Crippen molar-refractivity contribution in [3.63, 3.8) is 0 Å². The molecule has 6 heavy (non-hydrogen) atoms. The van der Waals surface area contributed by atoms with Crippen LogP contribution >= 0.6 is 0 Å². The summed E-state index contributed by atoms with van der Waals surface area (Å²) in [6.45, 7) is 2.42. The number of hydrogen-bond acceptors (Lipinski definition) is 2. The van der Waals surface area contributed by atoms with Crippen LogP contribution in [0.2, 0.25) is 0 Å². The lowest BCUT2D eigenvalue weighted by molar-refractivity contribution is -0.285. The molecule has 0 unspecified atom stereocenters. The lowest BCUT2D eigenvalue weighted by Gasteiger charge is -2.06. The van der Waals surface area contributed by atoms with E-state index >= 15 is 0 Å². The zero-order valence-corrected chi connectivity index (χ0v) is 3.52. The van der Waals surface area contributed by atoms with Crippen LogP contribution in [0.3, 0.4) is 0 Å². The van der Waals surface area contributed by atoms with E-state index in [2.05, 4.69) is 9.78 Å². The maximum atomic E-state index is 4.51. The normalized spacial score (nSPS) is 24.0. The minimum Gasteiger partial charge on any atom is -0.236 e. The topological polar surface area (TPSA) is 18.5 Å². The molecule has 0 aromatic carbocycles. The molecule has 1 aliphatic heterocycles. The number of hydrogen-bond donors (Lipinski definition) is 0. The molecule has 1 saturated heterocycles. The van der Waals surface area contributed by atoms with Crippen LogP contribution in [-0.2, 0) is 9.78 Å². The molecular formula is C4H7O2. The zero-order chi connectivity index (χ0) is 4.24. The third-order valence-electron chi connectivity index (χ3n) is 0.686. The Morgan fingerprint density at radius 3 is 2.67 bits per heavy atom. The second-order valence-corrected chi connectivity index (χ2v) is 1.23. The van der Waals surface area contributed by atoms with Gasteiger partial charge in [0.05, 0.1) is 6.61 Å². The highest BCUT2D eigenvalue weighted by Gasteiger charge is 1.96. The lowest BCUT2D eigenvalue weighted by Crippen LogP contribution is -2.01. The van der Waals surface area contributed by atoms with Gasteiger partial charge in [-0.25, -0.2) is 9.78 Å². The van der Waals surface area contributed by atoms with E-state index < -0.39 is 0 Å². The highest BCUT2D eigenvalue weighted by molar-refractivity contribution is 4.49. The predicted molar refractivity (Wildman–Crippen MR) is 20.6 cm³/mol. The second kappa shape index (κ2) is 2.16. The molecule has 0 aliphatic carbocycles. The fourth-order valence-electron chi connectivity index (χ4n) is 0.370. The Hall–Kier alpha value is -0.0800. The summed E-state index contributed by atoms with van der Waals surface area (Å²) in [5, 5.41) is 0. The highest BCUT2D eigenvalue weighted by Crippen LogP contribution is 2.02. The molecule has 0 aromatic heterocycles. The van der Waals surface area contributed by atoms with Crippen LogP contribution in [0.25, 0.3) is 0 Å². The van der Waals surface area contributed by atoms with E-state index in [9.17, 15) is 0 Å². The van der Waals surface area contributed by atoms with Gasteiger partial charge in [-0.05, 0) is 12.8 Å². The molecule has 0 saturated carbocycles. The average Bonchev–Trinajstić information content (AvgIpc) is 1.72. The zero-order valence-electron chi connectivity index (χ0n) is 3.52. The van der Waals surface area contributed by atoms with Crippen molar-refractivity contribution in [1.29, 1.82) is 0 Å². The van der Waals surface area contributed by atoms with E-state index in [0.29, 0.717) is 0 Å². The summed E-state index contributed by atoms with van der Waals surface area (Å²) >= 11 is 0. The summed E-state index contributed by atoms with van der Waals surface area (Å²) in [7, 11) is 0. The van der Waals surface area contributed by atoms with Crippen molar-refractivity contribution in [2.24, 2.45) is 0 Å². The van der Waals surface area contributed by atoms with Gasteiger partial charge >= 0.3 is 0 Å². The van der Waals surface area contributed by atoms with Crippen molar-refractivity contribution < 1.29 is 9.78 Å². The minimum atomic E-state index is 0.747. The molecule has 35 valence electrons. The Balaban J connectivity index is 2.00. The van der Waals surface area contributed by atoms with Gasteiger partial charge in [0, 0.05) is 0 Å². The second-order valence-electron chi connectivity index (χ2n) is 1.23. The minimum absolute atomic E-state index is 0.747. The van der Waals surface area contributed by atoms with Gasteiger partial charge in [0.1, 0.15) is 6.61 Å². The molecular weight excluding hydrogens is 80.0 g/mol. The van der Waals surface area contributed by atoms with Gasteiger partial charge in [0.25, 0.3) is 0 Å². The first-order valence-electron chi connectivity index (χ1n) is 2.10. The largest absolute Gasteiger partial charge is 0.236 e. The van der Waals surface area contributed by atoms with Gasteiger partial charge in [-0.2, -0.15) is 0 Å². The van der Waals surface area contributed by atoms with Crippen molar-refractivity contribution in [2.45, 2.75) is 12.8 Å². The molecule has 1 aliphatic rings. The standard InChI is InChI=1S/C4H7O2/c1-2-4-6-5-3-1/h3H,1-2,4H2. The molecule has 0 N–H and O–H groups in total. The SMILES string of the molecule is [CH]1CCCOO1. The van der Waals surface area contributed by atoms with E-state index in [0.717, 1.165) is 19.4 Å². The van der Waals surface area contributed by atoms with Gasteiger partial charge in [-0.15, -0.1) is 0 Å². The van der Waals surface area contributed by atoms with Gasteiger partial charge in [-0.1, -0.05) is 0 Å². The van der Waals surface area contributed by atoms with Gasteiger partial charge < -0.3 is 0 Å². The first-order chi connectivity index (χ1) is 3.00. The van der Waals surface area contributed by atoms with Crippen molar-refractivity contribution in [3.05, 3.63) is 6.61 Å². The summed E-state index contributed by atoms with van der Waals surface area (Å²) in [6.07, 6.45) is 2.12. The summed E-state index contributed by atoms with van der Waals surface area (Å²) in [6, 6.07) is 0. The quantitative estimate of drug-likeness (QED) is 0.408. The van der Waals surface area contributed by atoms with Gasteiger partial charge in [0.2, 0.25) is 0 Å². The third kappa shape index (κ3) is 0.954. The van der Waals surface area contributed by atoms with E-state index in [-0.39, 0.29) is 0 Å². The lowest BCUT2D eigenvalue weighted by atomic mass is 10.3. The molecule has 1 rings (SSSR count). The molecule has 0 bridgehead atoms. The molecule has 1 fully saturated rings. The molecule has 0 amide bonds. The Morgan fingerprint density at radius 1 is 1.50 bits per heavy atom. The smallest absolute Gasteiger partial charge is 0.122 e. The van der Waals surface area contributed by atoms with E-state index in [1.54, 1.807) is 6.61 Å². The van der Waals surface area contributed by atoms with Crippen LogP contribution < -0.4 is 0 Å². The fourth-order valence-corrected chi connectivity index (χ4v) is 0.370. The molecule has 1 radical (unpaired) electrons. The van der Waals surface area contributed by atoms with E-state index in [1.165, 1.54) is 0 Å². The summed E-state index contributed by atoms with van der Waals surface area (Å²) in [5.41, 5.74) is 0. The Bertz CT molecular complexity index is 21.0. The summed E-state index contributed by atoms with van der Waals surface area (Å²) in [5.74, 6) is 0. The van der Waals surface area contributed by atoms with Gasteiger partial charge in [-0.3, -0.25) is 0 Å². The molecule has 1 heterocycles. The maximum absolute atomic E-state index is 4.51. The monoisotopic (exact) mass is 87.0 g/mol. The van der Waals surface area contributed by atoms with Crippen LogP contribution in [0.15, 0.2) is 0 Å². The number of rotatable bonds is 0. The fraction of sp³-hybridized carbons (Fsp3) is 0.750. The van der Waals surface area contributed by atoms with E-state index in [4.69, 9.17) is 0 Å². The van der Waals surface area contributed by atoms with Crippen LogP contribution in [0.5, 0.6) is 0 Å². The first-order valence-corrected chi connectivity index (χ1v) is 2.10. The summed E-state index contributed by atoms with van der Waals surface area (Å²) in [4.78, 5) is 8.96. The molecule has 2 nitrogen and oxygen atoms in total. The molecule has 0 aromatic rings. The highest BCUT2D eigenvalue weighted by atomic mass is 17.2. The maximum Gasteiger partial charge on any atom is 0.122 e. The average molecular weight is 87.1 g/mol. The predicted octanol–water partition coefficient (Wildman–Crippen LogP) is 0.890. The van der Waals surface area contributed by atoms with Crippen LogP contribution in [0, 0.1) is 6.61 Å². The van der Waals surface area contributed by atoms with Crippen molar-refractivity contribution in [3.8, 4) is 0 Å². The Morgan fingerprint density at radius 2 is 2.50 bits per heavy atom. The third-order valence-corrected chi connectivity index (χ3v) is 0.686. The van der Waals surface area contributed by atoms with Crippen LogP contribution in [0.4, 0.5) is 0 Å². The van der Waals surface area contributed by atoms with Crippen LogP contribution in [-0.4, -0.2) is 6.61 Å². The van der Waals surface area contributed by atoms with Crippen molar-refractivity contribution in [2.75, 3.05) is 6.61 Å². The molecule has 0 atom stereocenters. The first kappa shape index (κ1) is 4.09. The van der Waals surface area contributed by atoms with Crippen LogP contribution in [0.1, 0.15) is 12.8 Å². The van der Waals surface area contributed by atoms with E-state index in [1.807, 2.05) is 0 Å². The van der Waals surface area contributed by atoms with Crippen molar-refractivity contribution >= 4 is 0 Å². The van der Waals surface area contributed by atoms with Gasteiger partial charge in [0.15, 0.2) is 0 Å². The Kier molecular flexibility index (Phi) is 1.47. The Labute approximate surface area is 37.0 Å². The van der Waals surface area contributed by atoms with Crippen molar-refractivity contribution in [1.82, 2.24) is 0 Å². The summed E-state index contributed by atoms with van der Waals surface area (Å²) < 4.78 is 0.